The molecule has 1 aliphatic heterocycles. The molecular formula is C23H29N3O6S. The Kier molecular flexibility index (Phi) is 7.60. The summed E-state index contributed by atoms with van der Waals surface area (Å²) < 4.78 is 38.5. The van der Waals surface area contributed by atoms with E-state index < -0.39 is 15.9 Å². The summed E-state index contributed by atoms with van der Waals surface area (Å²) in [4.78, 5) is 26.7. The van der Waals surface area contributed by atoms with E-state index in [1.54, 1.807) is 38.1 Å². The van der Waals surface area contributed by atoms with Gasteiger partial charge in [-0.05, 0) is 44.2 Å². The van der Waals surface area contributed by atoms with Gasteiger partial charge in [0.05, 0.1) is 22.4 Å². The van der Waals surface area contributed by atoms with Crippen molar-refractivity contribution in [1.82, 2.24) is 4.31 Å². The fourth-order valence-corrected chi connectivity index (χ4v) is 4.98. The molecule has 1 heterocycles. The first kappa shape index (κ1) is 24.5. The predicted octanol–water partition coefficient (Wildman–Crippen LogP) is 2.87. The summed E-state index contributed by atoms with van der Waals surface area (Å²) in [7, 11) is -3.74. The lowest BCUT2D eigenvalue weighted by Crippen LogP contribution is -2.43. The van der Waals surface area contributed by atoms with E-state index in [0.29, 0.717) is 30.3 Å². The first-order valence-electron chi connectivity index (χ1n) is 10.8. The second kappa shape index (κ2) is 10.2. The van der Waals surface area contributed by atoms with E-state index >= 15 is 0 Å². The van der Waals surface area contributed by atoms with E-state index in [4.69, 9.17) is 9.47 Å². The van der Waals surface area contributed by atoms with Gasteiger partial charge in [0.25, 0.3) is 5.91 Å². The summed E-state index contributed by atoms with van der Waals surface area (Å²) in [5.41, 5.74) is 0.719. The number of fused-ring (bicyclic) bond motifs is 1. The highest BCUT2D eigenvalue weighted by atomic mass is 32.2. The zero-order valence-electron chi connectivity index (χ0n) is 19.2. The van der Waals surface area contributed by atoms with Crippen LogP contribution >= 0.6 is 0 Å². The lowest BCUT2D eigenvalue weighted by Gasteiger charge is -2.28. The average molecular weight is 476 g/mol. The molecule has 0 aliphatic carbocycles. The van der Waals surface area contributed by atoms with Crippen molar-refractivity contribution in [3.05, 3.63) is 42.5 Å². The molecule has 33 heavy (non-hydrogen) atoms. The molecule has 1 aliphatic rings. The van der Waals surface area contributed by atoms with Gasteiger partial charge in [-0.3, -0.25) is 14.5 Å². The lowest BCUT2D eigenvalue weighted by molar-refractivity contribution is -0.123. The minimum atomic E-state index is -3.74. The summed E-state index contributed by atoms with van der Waals surface area (Å²) >= 11 is 0. The van der Waals surface area contributed by atoms with E-state index in [2.05, 4.69) is 5.32 Å². The van der Waals surface area contributed by atoms with Gasteiger partial charge >= 0.3 is 0 Å². The Balaban J connectivity index is 1.89. The van der Waals surface area contributed by atoms with Crippen LogP contribution in [-0.4, -0.2) is 56.9 Å². The molecule has 2 aromatic rings. The van der Waals surface area contributed by atoms with E-state index in [9.17, 15) is 18.0 Å². The molecule has 0 spiro atoms. The molecule has 0 aromatic heterocycles. The Hall–Kier alpha value is -3.11. The number of ether oxygens (including phenoxy) is 2. The largest absolute Gasteiger partial charge is 0.489 e. The van der Waals surface area contributed by atoms with E-state index in [-0.39, 0.29) is 35.7 Å². The van der Waals surface area contributed by atoms with Gasteiger partial charge in [-0.1, -0.05) is 26.0 Å². The zero-order valence-corrected chi connectivity index (χ0v) is 20.0. The van der Waals surface area contributed by atoms with Gasteiger partial charge in [-0.2, -0.15) is 4.31 Å². The lowest BCUT2D eigenvalue weighted by atomic mass is 10.2. The van der Waals surface area contributed by atoms with Gasteiger partial charge in [0.1, 0.15) is 18.0 Å². The summed E-state index contributed by atoms with van der Waals surface area (Å²) in [6.07, 6.45) is -0.196. The standard InChI is InChI=1S/C23H29N3O6S/c1-5-25(6-2)33(29,30)17-11-12-20(32-16(3)4)18(13-17)24-22(27)14-26-19-9-7-8-10-21(19)31-15-23(26)28/h7-13,16H,5-6,14-15H2,1-4H3,(H,24,27). The van der Waals surface area contributed by atoms with Gasteiger partial charge in [-0.25, -0.2) is 8.42 Å². The summed E-state index contributed by atoms with van der Waals surface area (Å²) in [6, 6.07) is 11.3. The summed E-state index contributed by atoms with van der Waals surface area (Å²) in [6.45, 7) is 7.41. The van der Waals surface area contributed by atoms with Gasteiger partial charge in [0.2, 0.25) is 15.9 Å². The number of hydrogen-bond acceptors (Lipinski definition) is 6. The number of nitrogens with zero attached hydrogens (tertiary/aromatic N) is 2. The zero-order chi connectivity index (χ0) is 24.2. The van der Waals surface area contributed by atoms with Gasteiger partial charge in [0, 0.05) is 13.1 Å². The summed E-state index contributed by atoms with van der Waals surface area (Å²) in [5.74, 6) is 0.0120. The number of amides is 2. The number of anilines is 2. The Morgan fingerprint density at radius 2 is 1.88 bits per heavy atom. The number of nitrogens with one attached hydrogen (secondary N) is 1. The van der Waals surface area contributed by atoms with Gasteiger partial charge < -0.3 is 14.8 Å². The third-order valence-corrected chi connectivity index (χ3v) is 7.09. The third-order valence-electron chi connectivity index (χ3n) is 5.04. The molecule has 0 saturated carbocycles. The molecular weight excluding hydrogens is 446 g/mol. The average Bonchev–Trinajstić information content (AvgIpc) is 2.77. The van der Waals surface area contributed by atoms with Crippen molar-refractivity contribution in [2.75, 3.05) is 36.5 Å². The Bertz CT molecular complexity index is 1130. The van der Waals surface area contributed by atoms with E-state index in [1.807, 2.05) is 13.8 Å². The number of hydrogen-bond donors (Lipinski definition) is 1. The number of benzene rings is 2. The minimum Gasteiger partial charge on any atom is -0.489 e. The molecule has 9 nitrogen and oxygen atoms in total. The Morgan fingerprint density at radius 1 is 1.18 bits per heavy atom. The van der Waals surface area contributed by atoms with Crippen LogP contribution in [0.15, 0.2) is 47.4 Å². The highest BCUT2D eigenvalue weighted by Crippen LogP contribution is 2.32. The molecule has 3 rings (SSSR count). The third kappa shape index (κ3) is 5.45. The van der Waals surface area contributed by atoms with Crippen LogP contribution in [0.5, 0.6) is 11.5 Å². The molecule has 0 fully saturated rings. The first-order valence-corrected chi connectivity index (χ1v) is 12.2. The van der Waals surface area contributed by atoms with Crippen LogP contribution in [0.4, 0.5) is 11.4 Å². The monoisotopic (exact) mass is 475 g/mol. The highest BCUT2D eigenvalue weighted by molar-refractivity contribution is 7.89. The second-order valence-corrected chi connectivity index (χ2v) is 9.64. The second-order valence-electron chi connectivity index (χ2n) is 7.70. The number of carbonyl (C=O) groups is 2. The van der Waals surface area contributed by atoms with Crippen molar-refractivity contribution < 1.29 is 27.5 Å². The smallest absolute Gasteiger partial charge is 0.265 e. The maximum atomic E-state index is 13.0. The van der Waals surface area contributed by atoms with Crippen molar-refractivity contribution in [3.8, 4) is 11.5 Å². The van der Waals surface area contributed by atoms with Crippen LogP contribution in [0.1, 0.15) is 27.7 Å². The number of para-hydroxylation sites is 2. The fraction of sp³-hybridized carbons (Fsp3) is 0.391. The molecule has 0 unspecified atom stereocenters. The fourth-order valence-electron chi connectivity index (χ4n) is 3.50. The van der Waals surface area contributed by atoms with Crippen LogP contribution in [-0.2, 0) is 19.6 Å². The van der Waals surface area contributed by atoms with Crippen molar-refractivity contribution in [1.29, 1.82) is 0 Å². The molecule has 0 saturated heterocycles. The van der Waals surface area contributed by atoms with Crippen molar-refractivity contribution >= 4 is 33.2 Å². The molecule has 0 radical (unpaired) electrons. The van der Waals surface area contributed by atoms with Gasteiger partial charge in [-0.15, -0.1) is 0 Å². The normalized spacial score (nSPS) is 13.6. The molecule has 0 atom stereocenters. The maximum Gasteiger partial charge on any atom is 0.265 e. The maximum absolute atomic E-state index is 13.0. The van der Waals surface area contributed by atoms with Crippen LogP contribution in [0, 0.1) is 0 Å². The Morgan fingerprint density at radius 3 is 2.55 bits per heavy atom. The number of carbonyl (C=O) groups excluding carboxylic acids is 2. The van der Waals surface area contributed by atoms with Crippen molar-refractivity contribution in [2.24, 2.45) is 0 Å². The SMILES string of the molecule is CCN(CC)S(=O)(=O)c1ccc(OC(C)C)c(NC(=O)CN2C(=O)COc3ccccc32)c1. The van der Waals surface area contributed by atoms with E-state index in [1.165, 1.54) is 27.4 Å². The van der Waals surface area contributed by atoms with Crippen molar-refractivity contribution in [2.45, 2.75) is 38.7 Å². The van der Waals surface area contributed by atoms with Crippen LogP contribution in [0.2, 0.25) is 0 Å². The van der Waals surface area contributed by atoms with Crippen molar-refractivity contribution in [3.63, 3.8) is 0 Å². The summed E-state index contributed by atoms with van der Waals surface area (Å²) in [5, 5.41) is 2.72. The molecule has 2 amide bonds. The van der Waals surface area contributed by atoms with Crippen LogP contribution in [0.3, 0.4) is 0 Å². The van der Waals surface area contributed by atoms with E-state index in [0.717, 1.165) is 0 Å². The molecule has 0 bridgehead atoms. The molecule has 10 heteroatoms. The Labute approximate surface area is 194 Å². The highest BCUT2D eigenvalue weighted by Gasteiger charge is 2.28. The minimum absolute atomic E-state index is 0.0467. The van der Waals surface area contributed by atoms with Crippen LogP contribution in [0.25, 0.3) is 0 Å². The van der Waals surface area contributed by atoms with Gasteiger partial charge in [0.15, 0.2) is 6.61 Å². The predicted molar refractivity (Wildman–Crippen MR) is 125 cm³/mol. The quantitative estimate of drug-likeness (QED) is 0.598. The molecule has 1 N–H and O–H groups in total. The molecule has 178 valence electrons. The topological polar surface area (TPSA) is 105 Å². The molecule has 2 aromatic carbocycles. The number of rotatable bonds is 9. The first-order chi connectivity index (χ1) is 15.7. The number of sulfonamides is 1. The van der Waals surface area contributed by atoms with Crippen LogP contribution < -0.4 is 19.7 Å².